The molecule has 0 saturated carbocycles. The van der Waals surface area contributed by atoms with E-state index in [2.05, 4.69) is 5.32 Å². The minimum absolute atomic E-state index is 0.106. The lowest BCUT2D eigenvalue weighted by atomic mass is 10.2. The van der Waals surface area contributed by atoms with Crippen LogP contribution in [0.25, 0.3) is 0 Å². The highest BCUT2D eigenvalue weighted by Crippen LogP contribution is 2.20. The summed E-state index contributed by atoms with van der Waals surface area (Å²) in [7, 11) is 0. The molecule has 0 bridgehead atoms. The van der Waals surface area contributed by atoms with Crippen LogP contribution in [-0.4, -0.2) is 22.7 Å². The number of carbonyl (C=O) groups is 2. The Bertz CT molecular complexity index is 654. The van der Waals surface area contributed by atoms with Crippen molar-refractivity contribution >= 4 is 35.0 Å². The molecule has 0 radical (unpaired) electrons. The second-order valence-corrected chi connectivity index (χ2v) is 5.77. The number of carboxylic acid groups (broad SMARTS) is 1. The van der Waals surface area contributed by atoms with Gasteiger partial charge >= 0.3 is 5.97 Å². The fourth-order valence-electron chi connectivity index (χ4n) is 1.75. The number of nitrogens with two attached hydrogens (primary N) is 1. The van der Waals surface area contributed by atoms with Crippen molar-refractivity contribution in [3.63, 3.8) is 0 Å². The van der Waals surface area contributed by atoms with Crippen LogP contribution in [-0.2, 0) is 4.79 Å². The van der Waals surface area contributed by atoms with Gasteiger partial charge in [0.1, 0.15) is 0 Å². The van der Waals surface area contributed by atoms with E-state index in [4.69, 9.17) is 10.8 Å². The van der Waals surface area contributed by atoms with Crippen molar-refractivity contribution in [1.82, 2.24) is 0 Å². The van der Waals surface area contributed by atoms with Crippen LogP contribution in [0.5, 0.6) is 0 Å². The summed E-state index contributed by atoms with van der Waals surface area (Å²) >= 11 is 1.58. The monoisotopic (exact) mass is 316 g/mol. The van der Waals surface area contributed by atoms with Crippen LogP contribution in [0, 0.1) is 0 Å². The van der Waals surface area contributed by atoms with E-state index >= 15 is 0 Å². The van der Waals surface area contributed by atoms with Crippen molar-refractivity contribution < 1.29 is 14.7 Å². The van der Waals surface area contributed by atoms with Gasteiger partial charge in [-0.3, -0.25) is 4.79 Å². The van der Waals surface area contributed by atoms with Crippen molar-refractivity contribution in [2.45, 2.75) is 11.3 Å². The molecule has 0 aliphatic carbocycles. The molecule has 0 saturated heterocycles. The van der Waals surface area contributed by atoms with Crippen molar-refractivity contribution in [3.8, 4) is 0 Å². The Labute approximate surface area is 132 Å². The molecular formula is C16H16N2O3S. The van der Waals surface area contributed by atoms with Crippen molar-refractivity contribution in [2.75, 3.05) is 16.8 Å². The summed E-state index contributed by atoms with van der Waals surface area (Å²) in [4.78, 5) is 23.6. The fraction of sp³-hybridized carbons (Fsp3) is 0.125. The molecule has 0 spiro atoms. The number of hydrogen-bond acceptors (Lipinski definition) is 4. The van der Waals surface area contributed by atoms with Crippen LogP contribution in [0.15, 0.2) is 53.4 Å². The first-order valence-corrected chi connectivity index (χ1v) is 7.65. The molecule has 0 atom stereocenters. The van der Waals surface area contributed by atoms with Gasteiger partial charge in [-0.2, -0.15) is 0 Å². The van der Waals surface area contributed by atoms with Gasteiger partial charge < -0.3 is 16.2 Å². The van der Waals surface area contributed by atoms with Crippen LogP contribution in [0.2, 0.25) is 0 Å². The molecule has 2 aromatic carbocycles. The van der Waals surface area contributed by atoms with Gasteiger partial charge in [0.2, 0.25) is 5.91 Å². The quantitative estimate of drug-likeness (QED) is 0.562. The maximum Gasteiger partial charge on any atom is 0.335 e. The highest BCUT2D eigenvalue weighted by atomic mass is 32.2. The number of rotatable bonds is 6. The van der Waals surface area contributed by atoms with E-state index in [1.165, 1.54) is 12.1 Å². The van der Waals surface area contributed by atoms with Gasteiger partial charge in [-0.05, 0) is 48.5 Å². The zero-order chi connectivity index (χ0) is 15.9. The van der Waals surface area contributed by atoms with E-state index in [9.17, 15) is 9.59 Å². The number of thioether (sulfide) groups is 1. The molecule has 0 aliphatic rings. The number of hydrogen-bond donors (Lipinski definition) is 3. The molecule has 2 rings (SSSR count). The van der Waals surface area contributed by atoms with Crippen LogP contribution < -0.4 is 11.1 Å². The van der Waals surface area contributed by atoms with Crippen molar-refractivity contribution in [1.29, 1.82) is 0 Å². The Hall–Kier alpha value is -2.47. The Kier molecular flexibility index (Phi) is 5.43. The number of anilines is 2. The molecule has 0 aliphatic heterocycles. The van der Waals surface area contributed by atoms with Crippen molar-refractivity contribution in [3.05, 3.63) is 54.1 Å². The molecule has 0 heterocycles. The number of nitrogens with one attached hydrogen (secondary N) is 1. The van der Waals surface area contributed by atoms with E-state index in [1.54, 1.807) is 23.9 Å². The van der Waals surface area contributed by atoms with Gasteiger partial charge in [-0.15, -0.1) is 11.8 Å². The molecule has 6 heteroatoms. The van der Waals surface area contributed by atoms with E-state index in [-0.39, 0.29) is 11.5 Å². The maximum atomic E-state index is 11.8. The van der Waals surface area contributed by atoms with E-state index in [1.807, 2.05) is 24.3 Å². The first kappa shape index (κ1) is 15.9. The molecule has 0 fully saturated rings. The number of nitrogen functional groups attached to an aromatic ring is 1. The minimum atomic E-state index is -0.988. The van der Waals surface area contributed by atoms with Gasteiger partial charge in [0.05, 0.1) is 5.56 Å². The summed E-state index contributed by atoms with van der Waals surface area (Å²) in [5.74, 6) is -0.438. The molecule has 5 nitrogen and oxygen atoms in total. The van der Waals surface area contributed by atoms with Gasteiger partial charge in [0.15, 0.2) is 0 Å². The zero-order valence-corrected chi connectivity index (χ0v) is 12.6. The molecule has 114 valence electrons. The van der Waals surface area contributed by atoms with Crippen molar-refractivity contribution in [2.24, 2.45) is 0 Å². The minimum Gasteiger partial charge on any atom is -0.478 e. The predicted octanol–water partition coefficient (Wildman–Crippen LogP) is 3.09. The molecule has 22 heavy (non-hydrogen) atoms. The molecule has 0 unspecified atom stereocenters. The van der Waals surface area contributed by atoms with Gasteiger partial charge in [-0.25, -0.2) is 4.79 Å². The summed E-state index contributed by atoms with van der Waals surface area (Å²) in [6.45, 7) is 0. The average Bonchev–Trinajstić information content (AvgIpc) is 2.50. The highest BCUT2D eigenvalue weighted by molar-refractivity contribution is 7.99. The lowest BCUT2D eigenvalue weighted by Gasteiger charge is -2.06. The number of benzene rings is 2. The van der Waals surface area contributed by atoms with Gasteiger partial charge in [-0.1, -0.05) is 0 Å². The molecular weight excluding hydrogens is 300 g/mol. The van der Waals surface area contributed by atoms with Crippen LogP contribution >= 0.6 is 11.8 Å². The number of amides is 1. The second kappa shape index (κ2) is 7.51. The number of carbonyl (C=O) groups excluding carboxylic acids is 1. The summed E-state index contributed by atoms with van der Waals surface area (Å²) in [6, 6.07) is 13.6. The van der Waals surface area contributed by atoms with Crippen LogP contribution in [0.1, 0.15) is 16.8 Å². The van der Waals surface area contributed by atoms with E-state index < -0.39 is 5.97 Å². The Morgan fingerprint density at radius 1 is 1.05 bits per heavy atom. The topological polar surface area (TPSA) is 92.4 Å². The lowest BCUT2D eigenvalue weighted by molar-refractivity contribution is -0.115. The molecule has 1 amide bonds. The Morgan fingerprint density at radius 2 is 1.68 bits per heavy atom. The molecule has 2 aromatic rings. The summed E-state index contributed by atoms with van der Waals surface area (Å²) in [5, 5.41) is 11.5. The highest BCUT2D eigenvalue weighted by Gasteiger charge is 2.05. The fourth-order valence-corrected chi connectivity index (χ4v) is 2.60. The van der Waals surface area contributed by atoms with Gasteiger partial charge in [0.25, 0.3) is 0 Å². The third-order valence-corrected chi connectivity index (χ3v) is 3.91. The Morgan fingerprint density at radius 3 is 2.27 bits per heavy atom. The predicted molar refractivity (Wildman–Crippen MR) is 88.2 cm³/mol. The number of aromatic carboxylic acids is 1. The summed E-state index contributed by atoms with van der Waals surface area (Å²) < 4.78 is 0. The third kappa shape index (κ3) is 4.82. The third-order valence-electron chi connectivity index (χ3n) is 2.89. The first-order valence-electron chi connectivity index (χ1n) is 6.66. The standard InChI is InChI=1S/C16H16N2O3S/c17-12-3-7-14(8-4-12)22-10-9-15(19)18-13-5-1-11(2-6-13)16(20)21/h1-8H,9-10,17H2,(H,18,19)(H,20,21). The maximum absolute atomic E-state index is 11.8. The molecule has 0 aromatic heterocycles. The van der Waals surface area contributed by atoms with Crippen LogP contribution in [0.3, 0.4) is 0 Å². The Balaban J connectivity index is 1.77. The lowest BCUT2D eigenvalue weighted by Crippen LogP contribution is -2.12. The normalized spacial score (nSPS) is 10.2. The average molecular weight is 316 g/mol. The largest absolute Gasteiger partial charge is 0.478 e. The van der Waals surface area contributed by atoms with Gasteiger partial charge in [0, 0.05) is 28.4 Å². The summed E-state index contributed by atoms with van der Waals surface area (Å²) in [6.07, 6.45) is 0.371. The summed E-state index contributed by atoms with van der Waals surface area (Å²) in [5.41, 5.74) is 7.11. The molecule has 4 N–H and O–H groups in total. The SMILES string of the molecule is Nc1ccc(SCCC(=O)Nc2ccc(C(=O)O)cc2)cc1. The second-order valence-electron chi connectivity index (χ2n) is 4.60. The smallest absolute Gasteiger partial charge is 0.335 e. The van der Waals surface area contributed by atoms with E-state index in [0.717, 1.165) is 4.90 Å². The van der Waals surface area contributed by atoms with Crippen LogP contribution in [0.4, 0.5) is 11.4 Å². The van der Waals surface area contributed by atoms with E-state index in [0.29, 0.717) is 23.5 Å². The number of carboxylic acids is 1. The zero-order valence-electron chi connectivity index (χ0n) is 11.8. The first-order chi connectivity index (χ1) is 10.5.